The summed E-state index contributed by atoms with van der Waals surface area (Å²) in [5.41, 5.74) is 3.94. The zero-order chi connectivity index (χ0) is 22.3. The van der Waals surface area contributed by atoms with Crippen molar-refractivity contribution < 1.29 is 14.4 Å². The molecule has 1 atom stereocenters. The molecule has 160 valence electrons. The number of carbonyl (C=O) groups excluding carboxylic acids is 3. The standard InChI is InChI=1S/C25H22N4O3/c1-2-25(12-11-21(30)29-24(25)32)15-5-7-16(8-6-15)27-14-18-22-17-4-3-13-26-19(17)9-10-20(22)28-23(18)31/h3-10,13-14,27H,2,11-12H2,1H3,(H,28,31)(H,29,30,32)/b18-14-. The Morgan fingerprint density at radius 3 is 2.62 bits per heavy atom. The van der Waals surface area contributed by atoms with Crippen LogP contribution in [0.5, 0.6) is 0 Å². The fourth-order valence-electron chi connectivity index (χ4n) is 4.59. The van der Waals surface area contributed by atoms with Crippen LogP contribution in [0.25, 0.3) is 16.5 Å². The quantitative estimate of drug-likeness (QED) is 0.436. The molecule has 0 saturated carbocycles. The van der Waals surface area contributed by atoms with Gasteiger partial charge in [-0.25, -0.2) is 0 Å². The highest BCUT2D eigenvalue weighted by Crippen LogP contribution is 2.38. The molecule has 2 aliphatic heterocycles. The topological polar surface area (TPSA) is 100 Å². The molecule has 7 heteroatoms. The lowest BCUT2D eigenvalue weighted by Crippen LogP contribution is -2.51. The molecule has 7 nitrogen and oxygen atoms in total. The number of anilines is 2. The first-order valence-corrected chi connectivity index (χ1v) is 10.6. The van der Waals surface area contributed by atoms with Gasteiger partial charge in [0.2, 0.25) is 11.8 Å². The summed E-state index contributed by atoms with van der Waals surface area (Å²) in [5.74, 6) is -0.630. The van der Waals surface area contributed by atoms with E-state index in [0.717, 1.165) is 33.4 Å². The maximum atomic E-state index is 12.6. The Morgan fingerprint density at radius 1 is 1.06 bits per heavy atom. The van der Waals surface area contributed by atoms with Crippen LogP contribution < -0.4 is 16.0 Å². The van der Waals surface area contributed by atoms with Gasteiger partial charge in [0.05, 0.1) is 16.5 Å². The van der Waals surface area contributed by atoms with Crippen molar-refractivity contribution in [3.8, 4) is 0 Å². The van der Waals surface area contributed by atoms with Crippen molar-refractivity contribution in [2.45, 2.75) is 31.6 Å². The summed E-state index contributed by atoms with van der Waals surface area (Å²) in [5, 5.41) is 9.49. The number of nitrogens with zero attached hydrogens (tertiary/aromatic N) is 1. The van der Waals surface area contributed by atoms with Crippen LogP contribution in [0.2, 0.25) is 0 Å². The minimum Gasteiger partial charge on any atom is -0.361 e. The van der Waals surface area contributed by atoms with Crippen LogP contribution in [0.3, 0.4) is 0 Å². The first-order chi connectivity index (χ1) is 15.5. The zero-order valence-corrected chi connectivity index (χ0v) is 17.6. The van der Waals surface area contributed by atoms with Gasteiger partial charge in [-0.15, -0.1) is 0 Å². The van der Waals surface area contributed by atoms with E-state index in [9.17, 15) is 14.4 Å². The second-order valence-electron chi connectivity index (χ2n) is 8.10. The van der Waals surface area contributed by atoms with Crippen LogP contribution >= 0.6 is 0 Å². The van der Waals surface area contributed by atoms with E-state index in [2.05, 4.69) is 20.9 Å². The van der Waals surface area contributed by atoms with Gasteiger partial charge in [0, 0.05) is 41.1 Å². The lowest BCUT2D eigenvalue weighted by molar-refractivity contribution is -0.138. The highest BCUT2D eigenvalue weighted by Gasteiger charge is 2.42. The van der Waals surface area contributed by atoms with Crippen molar-refractivity contribution in [1.82, 2.24) is 10.3 Å². The maximum absolute atomic E-state index is 12.6. The number of amides is 3. The molecule has 0 spiro atoms. The highest BCUT2D eigenvalue weighted by atomic mass is 16.2. The number of nitrogens with one attached hydrogen (secondary N) is 3. The molecule has 1 fully saturated rings. The summed E-state index contributed by atoms with van der Waals surface area (Å²) in [4.78, 5) is 41.1. The molecular weight excluding hydrogens is 404 g/mol. The number of aromatic nitrogens is 1. The van der Waals surface area contributed by atoms with Crippen LogP contribution in [0, 0.1) is 0 Å². The molecule has 3 heterocycles. The average molecular weight is 426 g/mol. The molecule has 32 heavy (non-hydrogen) atoms. The third-order valence-corrected chi connectivity index (χ3v) is 6.44. The molecular formula is C25H22N4O3. The fourth-order valence-corrected chi connectivity index (χ4v) is 4.59. The van der Waals surface area contributed by atoms with Crippen LogP contribution in [-0.2, 0) is 19.8 Å². The van der Waals surface area contributed by atoms with E-state index in [-0.39, 0.29) is 17.7 Å². The Morgan fingerprint density at radius 2 is 1.88 bits per heavy atom. The molecule has 2 aromatic carbocycles. The van der Waals surface area contributed by atoms with Crippen LogP contribution in [-0.4, -0.2) is 22.7 Å². The Kier molecular flexibility index (Phi) is 4.74. The third kappa shape index (κ3) is 3.13. The van der Waals surface area contributed by atoms with Gasteiger partial charge in [-0.3, -0.25) is 24.7 Å². The van der Waals surface area contributed by atoms with Crippen molar-refractivity contribution in [2.24, 2.45) is 0 Å². The highest BCUT2D eigenvalue weighted by molar-refractivity contribution is 6.34. The van der Waals surface area contributed by atoms with Gasteiger partial charge in [0.15, 0.2) is 0 Å². The largest absolute Gasteiger partial charge is 0.361 e. The number of rotatable bonds is 4. The summed E-state index contributed by atoms with van der Waals surface area (Å²) < 4.78 is 0. The van der Waals surface area contributed by atoms with Crippen molar-refractivity contribution in [1.29, 1.82) is 0 Å². The van der Waals surface area contributed by atoms with Gasteiger partial charge < -0.3 is 10.6 Å². The molecule has 3 amide bonds. The molecule has 0 bridgehead atoms. The second kappa shape index (κ2) is 7.60. The molecule has 5 rings (SSSR count). The Bertz CT molecular complexity index is 1300. The SMILES string of the molecule is CCC1(c2ccc(N/C=C3\C(=O)Nc4ccc5ncccc5c43)cc2)CCC(=O)NC1=O. The summed E-state index contributed by atoms with van der Waals surface area (Å²) in [6.45, 7) is 1.96. The number of fused-ring (bicyclic) bond motifs is 3. The van der Waals surface area contributed by atoms with E-state index in [1.54, 1.807) is 12.4 Å². The number of hydrogen-bond donors (Lipinski definition) is 3. The number of hydrogen-bond acceptors (Lipinski definition) is 5. The summed E-state index contributed by atoms with van der Waals surface area (Å²) in [6, 6.07) is 15.1. The third-order valence-electron chi connectivity index (χ3n) is 6.44. The van der Waals surface area contributed by atoms with Gasteiger partial charge in [-0.1, -0.05) is 25.1 Å². The maximum Gasteiger partial charge on any atom is 0.257 e. The van der Waals surface area contributed by atoms with Gasteiger partial charge in [-0.05, 0) is 48.7 Å². The Balaban J connectivity index is 1.43. The predicted molar refractivity (Wildman–Crippen MR) is 123 cm³/mol. The van der Waals surface area contributed by atoms with Crippen molar-refractivity contribution in [3.63, 3.8) is 0 Å². The summed E-state index contributed by atoms with van der Waals surface area (Å²) in [6.07, 6.45) is 4.88. The van der Waals surface area contributed by atoms with Crippen LogP contribution in [0.1, 0.15) is 37.3 Å². The first kappa shape index (κ1) is 19.9. The van der Waals surface area contributed by atoms with Crippen molar-refractivity contribution in [3.05, 3.63) is 72.1 Å². The molecule has 1 saturated heterocycles. The predicted octanol–water partition coefficient (Wildman–Crippen LogP) is 3.72. The molecule has 3 N–H and O–H groups in total. The van der Waals surface area contributed by atoms with Gasteiger partial charge in [0.25, 0.3) is 5.91 Å². The lowest BCUT2D eigenvalue weighted by atomic mass is 9.72. The average Bonchev–Trinajstić information content (AvgIpc) is 3.14. The van der Waals surface area contributed by atoms with E-state index in [4.69, 9.17) is 0 Å². The zero-order valence-electron chi connectivity index (χ0n) is 17.6. The summed E-state index contributed by atoms with van der Waals surface area (Å²) >= 11 is 0. The molecule has 2 aliphatic rings. The van der Waals surface area contributed by atoms with E-state index in [1.807, 2.05) is 55.5 Å². The summed E-state index contributed by atoms with van der Waals surface area (Å²) in [7, 11) is 0. The monoisotopic (exact) mass is 426 g/mol. The first-order valence-electron chi connectivity index (χ1n) is 10.6. The van der Waals surface area contributed by atoms with Crippen molar-refractivity contribution in [2.75, 3.05) is 10.6 Å². The molecule has 1 unspecified atom stereocenters. The molecule has 3 aromatic rings. The number of piperidine rings is 1. The van der Waals surface area contributed by atoms with Gasteiger partial charge in [-0.2, -0.15) is 0 Å². The number of benzene rings is 2. The van der Waals surface area contributed by atoms with Crippen molar-refractivity contribution >= 4 is 45.6 Å². The van der Waals surface area contributed by atoms with Crippen LogP contribution in [0.4, 0.5) is 11.4 Å². The van der Waals surface area contributed by atoms with Gasteiger partial charge in [0.1, 0.15) is 0 Å². The number of imide groups is 1. The van der Waals surface area contributed by atoms with E-state index >= 15 is 0 Å². The van der Waals surface area contributed by atoms with Crippen LogP contribution in [0.15, 0.2) is 60.9 Å². The van der Waals surface area contributed by atoms with E-state index < -0.39 is 5.41 Å². The Hall–Kier alpha value is -4.00. The Labute approximate surface area is 184 Å². The minimum absolute atomic E-state index is 0.172. The molecule has 0 aliphatic carbocycles. The minimum atomic E-state index is -0.693. The second-order valence-corrected chi connectivity index (χ2v) is 8.10. The fraction of sp³-hybridized carbons (Fsp3) is 0.200. The lowest BCUT2D eigenvalue weighted by Gasteiger charge is -2.35. The van der Waals surface area contributed by atoms with E-state index in [1.165, 1.54) is 0 Å². The smallest absolute Gasteiger partial charge is 0.257 e. The normalized spacial score (nSPS) is 21.4. The molecule has 0 radical (unpaired) electrons. The molecule has 1 aromatic heterocycles. The number of carbonyl (C=O) groups is 3. The van der Waals surface area contributed by atoms with Gasteiger partial charge >= 0.3 is 0 Å². The van der Waals surface area contributed by atoms with E-state index in [0.29, 0.717) is 24.8 Å². The number of pyridine rings is 1.